The molecule has 2 bridgehead atoms. The third kappa shape index (κ3) is 3.76. The minimum atomic E-state index is -0.553. The van der Waals surface area contributed by atoms with Gasteiger partial charge in [0.05, 0.1) is 19.0 Å². The SMILES string of the molecule is CC(=O)Oc1ccc2c3c1O[C@H]1[C@@H](OC(C)=O)C=CC4C(C2)[N@+](C)(CC(=O)CC2CCSC2=O)CC[C@@]341. The molecule has 0 saturated carbocycles. The minimum absolute atomic E-state index is 0.0702. The molecule has 1 aromatic carbocycles. The lowest BCUT2D eigenvalue weighted by Gasteiger charge is -2.59. The lowest BCUT2D eigenvalue weighted by atomic mass is 9.52. The Morgan fingerprint density at radius 3 is 2.70 bits per heavy atom. The van der Waals surface area contributed by atoms with E-state index in [4.69, 9.17) is 14.2 Å². The minimum Gasteiger partial charge on any atom is -0.481 e. The van der Waals surface area contributed by atoms with Gasteiger partial charge in [0.15, 0.2) is 34.6 Å². The van der Waals surface area contributed by atoms with Crippen LogP contribution in [-0.2, 0) is 35.8 Å². The van der Waals surface area contributed by atoms with Crippen molar-refractivity contribution in [3.63, 3.8) is 0 Å². The van der Waals surface area contributed by atoms with Crippen molar-refractivity contribution >= 4 is 34.6 Å². The van der Waals surface area contributed by atoms with Gasteiger partial charge in [-0.25, -0.2) is 0 Å². The Bertz CT molecular complexity index is 1240. The third-order valence-electron chi connectivity index (χ3n) is 9.12. The Morgan fingerprint density at radius 2 is 2.00 bits per heavy atom. The van der Waals surface area contributed by atoms with Crippen LogP contribution in [-0.4, -0.2) is 71.5 Å². The average molecular weight is 527 g/mol. The fourth-order valence-electron chi connectivity index (χ4n) is 7.66. The van der Waals surface area contributed by atoms with Gasteiger partial charge in [0.1, 0.15) is 12.6 Å². The van der Waals surface area contributed by atoms with E-state index in [1.165, 1.54) is 25.6 Å². The summed E-state index contributed by atoms with van der Waals surface area (Å²) in [5, 5.41) is 0.147. The van der Waals surface area contributed by atoms with Crippen LogP contribution >= 0.6 is 11.8 Å². The van der Waals surface area contributed by atoms with Gasteiger partial charge in [0.2, 0.25) is 0 Å². The molecule has 7 atom stereocenters. The van der Waals surface area contributed by atoms with E-state index in [1.54, 1.807) is 6.07 Å². The van der Waals surface area contributed by atoms with Crippen molar-refractivity contribution < 1.29 is 37.9 Å². The van der Waals surface area contributed by atoms with Crippen LogP contribution in [0.1, 0.15) is 44.2 Å². The van der Waals surface area contributed by atoms with Gasteiger partial charge < -0.3 is 18.7 Å². The molecule has 9 heteroatoms. The standard InChI is InChI=1S/C28H32NO7S/c1-15(30)34-22-6-4-17-13-21-20-5-7-23(35-16(2)31)26-28(20,24(17)25(22)36-26)9-10-29(21,3)14-19(32)12-18-8-11-37-27(18)33/h4-7,18,20-21,23,26H,8-14H2,1-3H3/q+1/t18?,20?,21?,23-,26-,28-,29-/m0/s1. The molecule has 1 spiro atoms. The van der Waals surface area contributed by atoms with Gasteiger partial charge in [-0.1, -0.05) is 23.9 Å². The molecule has 6 rings (SSSR count). The molecule has 2 aliphatic carbocycles. The van der Waals surface area contributed by atoms with Gasteiger partial charge in [-0.3, -0.25) is 19.2 Å². The number of carbonyl (C=O) groups excluding carboxylic acids is 4. The summed E-state index contributed by atoms with van der Waals surface area (Å²) in [7, 11) is 2.16. The second kappa shape index (κ2) is 8.70. The molecule has 0 N–H and O–H groups in total. The number of hydrogen-bond acceptors (Lipinski definition) is 8. The first-order valence-corrected chi connectivity index (χ1v) is 14.0. The molecule has 0 aromatic heterocycles. The summed E-state index contributed by atoms with van der Waals surface area (Å²) in [6, 6.07) is 3.93. The zero-order valence-corrected chi connectivity index (χ0v) is 22.2. The van der Waals surface area contributed by atoms with Gasteiger partial charge in [-0.05, 0) is 24.1 Å². The number of ether oxygens (including phenoxy) is 3. The average Bonchev–Trinajstić information content (AvgIpc) is 3.39. The van der Waals surface area contributed by atoms with Gasteiger partial charge >= 0.3 is 11.9 Å². The fraction of sp³-hybridized carbons (Fsp3) is 0.571. The number of rotatable bonds is 6. The normalized spacial score (nSPS) is 36.5. The number of ketones is 1. The van der Waals surface area contributed by atoms with E-state index in [9.17, 15) is 19.2 Å². The Hall–Kier alpha value is -2.65. The van der Waals surface area contributed by atoms with Crippen molar-refractivity contribution in [1.82, 2.24) is 0 Å². The van der Waals surface area contributed by atoms with Crippen molar-refractivity contribution in [2.75, 3.05) is 25.9 Å². The van der Waals surface area contributed by atoms with E-state index in [0.717, 1.165) is 42.7 Å². The zero-order chi connectivity index (χ0) is 26.1. The fourth-order valence-corrected chi connectivity index (χ4v) is 8.70. The van der Waals surface area contributed by atoms with Crippen LogP contribution in [0.3, 0.4) is 0 Å². The van der Waals surface area contributed by atoms with Crippen LogP contribution in [0.15, 0.2) is 24.3 Å². The number of Topliss-reactive ketones (excluding diaryl/α,β-unsaturated/α-hetero) is 1. The second-order valence-corrected chi connectivity index (χ2v) is 12.5. The number of hydrogen-bond donors (Lipinski definition) is 0. The Balaban J connectivity index is 1.39. The lowest BCUT2D eigenvalue weighted by molar-refractivity contribution is -0.936. The van der Waals surface area contributed by atoms with Crippen LogP contribution < -0.4 is 9.47 Å². The van der Waals surface area contributed by atoms with Crippen molar-refractivity contribution in [1.29, 1.82) is 0 Å². The topological polar surface area (TPSA) is 96.0 Å². The van der Waals surface area contributed by atoms with Crippen LogP contribution in [0.25, 0.3) is 0 Å². The highest BCUT2D eigenvalue weighted by molar-refractivity contribution is 8.14. The van der Waals surface area contributed by atoms with Gasteiger partial charge in [0, 0.05) is 56.3 Å². The van der Waals surface area contributed by atoms with E-state index in [1.807, 2.05) is 12.1 Å². The van der Waals surface area contributed by atoms with Crippen molar-refractivity contribution in [2.24, 2.45) is 11.8 Å². The van der Waals surface area contributed by atoms with Crippen molar-refractivity contribution in [3.8, 4) is 11.5 Å². The molecule has 3 unspecified atom stereocenters. The van der Waals surface area contributed by atoms with E-state index >= 15 is 0 Å². The molecule has 1 aromatic rings. The maximum Gasteiger partial charge on any atom is 0.308 e. The lowest BCUT2D eigenvalue weighted by Crippen LogP contribution is -2.72. The zero-order valence-electron chi connectivity index (χ0n) is 21.4. The van der Waals surface area contributed by atoms with Crippen LogP contribution in [0, 0.1) is 11.8 Å². The Labute approximate surface area is 220 Å². The summed E-state index contributed by atoms with van der Waals surface area (Å²) in [5.41, 5.74) is 1.76. The number of likely N-dealkylation sites (tertiary alicyclic amines) is 1. The molecule has 3 heterocycles. The number of piperidine rings is 1. The van der Waals surface area contributed by atoms with E-state index in [-0.39, 0.29) is 34.7 Å². The number of esters is 2. The first kappa shape index (κ1) is 24.7. The van der Waals surface area contributed by atoms with Crippen molar-refractivity contribution in [3.05, 3.63) is 35.4 Å². The summed E-state index contributed by atoms with van der Waals surface area (Å²) in [5.74, 6) is 1.05. The first-order chi connectivity index (χ1) is 17.6. The molecular formula is C28H32NO7S+. The maximum absolute atomic E-state index is 13.3. The molecular weight excluding hydrogens is 494 g/mol. The quantitative estimate of drug-likeness (QED) is 0.242. The van der Waals surface area contributed by atoms with E-state index in [0.29, 0.717) is 28.9 Å². The number of quaternary nitrogens is 1. The second-order valence-electron chi connectivity index (χ2n) is 11.4. The molecule has 3 aliphatic heterocycles. The maximum atomic E-state index is 13.3. The monoisotopic (exact) mass is 526 g/mol. The smallest absolute Gasteiger partial charge is 0.308 e. The van der Waals surface area contributed by atoms with Crippen LogP contribution in [0.4, 0.5) is 0 Å². The van der Waals surface area contributed by atoms with Gasteiger partial charge in [0.25, 0.3) is 0 Å². The van der Waals surface area contributed by atoms with Gasteiger partial charge in [-0.2, -0.15) is 0 Å². The summed E-state index contributed by atoms with van der Waals surface area (Å²) >= 11 is 1.34. The highest BCUT2D eigenvalue weighted by Crippen LogP contribution is 2.63. The van der Waals surface area contributed by atoms with Crippen LogP contribution in [0.2, 0.25) is 0 Å². The number of likely N-dealkylation sites (N-methyl/N-ethyl adjacent to an activating group) is 1. The molecule has 8 nitrogen and oxygen atoms in total. The molecule has 0 radical (unpaired) electrons. The number of thioether (sulfide) groups is 1. The first-order valence-electron chi connectivity index (χ1n) is 13.0. The molecule has 196 valence electrons. The number of nitrogens with zero attached hydrogens (tertiary/aromatic N) is 1. The summed E-state index contributed by atoms with van der Waals surface area (Å²) in [6.07, 6.45) is 5.71. The molecule has 0 amide bonds. The van der Waals surface area contributed by atoms with Crippen LogP contribution in [0.5, 0.6) is 11.5 Å². The largest absolute Gasteiger partial charge is 0.481 e. The predicted molar refractivity (Wildman–Crippen MR) is 135 cm³/mol. The number of carbonyl (C=O) groups is 4. The molecule has 2 saturated heterocycles. The van der Waals surface area contributed by atoms with Crippen molar-refractivity contribution in [2.45, 2.75) is 63.2 Å². The Morgan fingerprint density at radius 1 is 1.19 bits per heavy atom. The predicted octanol–water partition coefficient (Wildman–Crippen LogP) is 2.74. The molecule has 37 heavy (non-hydrogen) atoms. The van der Waals surface area contributed by atoms with E-state index < -0.39 is 23.6 Å². The summed E-state index contributed by atoms with van der Waals surface area (Å²) in [4.78, 5) is 49.2. The highest BCUT2D eigenvalue weighted by Gasteiger charge is 2.68. The number of benzene rings is 1. The van der Waals surface area contributed by atoms with Gasteiger partial charge in [-0.15, -0.1) is 0 Å². The summed E-state index contributed by atoms with van der Waals surface area (Å²) < 4.78 is 18.4. The molecule has 5 aliphatic rings. The highest BCUT2D eigenvalue weighted by atomic mass is 32.2. The molecule has 2 fully saturated rings. The Kier molecular flexibility index (Phi) is 5.80. The van der Waals surface area contributed by atoms with E-state index in [2.05, 4.69) is 13.1 Å². The third-order valence-corrected chi connectivity index (χ3v) is 10.2. The summed E-state index contributed by atoms with van der Waals surface area (Å²) in [6.45, 7) is 3.92.